The minimum absolute atomic E-state index is 0.0729. The molecule has 0 saturated heterocycles. The third-order valence-corrected chi connectivity index (χ3v) is 2.77. The molecule has 1 rings (SSSR count). The van der Waals surface area contributed by atoms with E-state index in [1.165, 1.54) is 0 Å². The topological polar surface area (TPSA) is 41.1 Å². The van der Waals surface area contributed by atoms with Crippen LogP contribution in [-0.4, -0.2) is 19.5 Å². The molecule has 0 aliphatic rings. The van der Waals surface area contributed by atoms with E-state index in [9.17, 15) is 4.79 Å². The number of aryl methyl sites for hydroxylation is 1. The van der Waals surface area contributed by atoms with Gasteiger partial charge in [-0.05, 0) is 31.0 Å². The van der Waals surface area contributed by atoms with Crippen LogP contribution in [0.4, 0.5) is 5.69 Å². The largest absolute Gasteiger partial charge is 0.385 e. The monoisotopic (exact) mass is 240 g/mol. The maximum atomic E-state index is 11.0. The van der Waals surface area contributed by atoms with Gasteiger partial charge in [-0.1, -0.05) is 17.7 Å². The molecule has 0 fully saturated rings. The van der Waals surface area contributed by atoms with Crippen molar-refractivity contribution in [1.82, 2.24) is 5.32 Å². The first-order valence-corrected chi connectivity index (χ1v) is 5.72. The summed E-state index contributed by atoms with van der Waals surface area (Å²) < 4.78 is 0. The lowest BCUT2D eigenvalue weighted by Gasteiger charge is -2.07. The van der Waals surface area contributed by atoms with Crippen molar-refractivity contribution in [2.75, 3.05) is 18.9 Å². The number of benzene rings is 1. The summed E-state index contributed by atoms with van der Waals surface area (Å²) in [5.41, 5.74) is 2.06. The number of halogens is 1. The summed E-state index contributed by atoms with van der Waals surface area (Å²) in [7, 11) is 1.65. The molecule has 4 heteroatoms. The average Bonchev–Trinajstić information content (AvgIpc) is 2.28. The van der Waals surface area contributed by atoms with Gasteiger partial charge in [0.2, 0.25) is 5.91 Å². The number of amides is 1. The van der Waals surface area contributed by atoms with Gasteiger partial charge < -0.3 is 10.6 Å². The third kappa shape index (κ3) is 4.11. The highest BCUT2D eigenvalue weighted by Crippen LogP contribution is 2.19. The van der Waals surface area contributed by atoms with Crippen molar-refractivity contribution >= 4 is 23.2 Å². The highest BCUT2D eigenvalue weighted by molar-refractivity contribution is 6.31. The summed E-state index contributed by atoms with van der Waals surface area (Å²) in [6, 6.07) is 5.86. The van der Waals surface area contributed by atoms with Gasteiger partial charge in [-0.2, -0.15) is 0 Å². The lowest BCUT2D eigenvalue weighted by Crippen LogP contribution is -2.18. The maximum absolute atomic E-state index is 11.0. The number of hydrogen-bond acceptors (Lipinski definition) is 2. The Morgan fingerprint density at radius 3 is 2.81 bits per heavy atom. The number of nitrogens with one attached hydrogen (secondary N) is 2. The van der Waals surface area contributed by atoms with Crippen LogP contribution in [0.25, 0.3) is 0 Å². The molecule has 0 atom stereocenters. The van der Waals surface area contributed by atoms with Crippen molar-refractivity contribution < 1.29 is 4.79 Å². The first kappa shape index (κ1) is 12.8. The second-order valence-electron chi connectivity index (χ2n) is 3.67. The summed E-state index contributed by atoms with van der Waals surface area (Å²) in [6.07, 6.45) is 1.36. The van der Waals surface area contributed by atoms with E-state index >= 15 is 0 Å². The van der Waals surface area contributed by atoms with Crippen LogP contribution < -0.4 is 10.6 Å². The molecule has 0 spiro atoms. The van der Waals surface area contributed by atoms with Crippen molar-refractivity contribution in [2.45, 2.75) is 19.8 Å². The molecule has 0 aromatic heterocycles. The van der Waals surface area contributed by atoms with Crippen LogP contribution in [0.1, 0.15) is 18.4 Å². The number of hydrogen-bond donors (Lipinski definition) is 2. The van der Waals surface area contributed by atoms with Gasteiger partial charge in [0.1, 0.15) is 0 Å². The van der Waals surface area contributed by atoms with Gasteiger partial charge >= 0.3 is 0 Å². The molecule has 2 N–H and O–H groups in total. The maximum Gasteiger partial charge on any atom is 0.219 e. The van der Waals surface area contributed by atoms with Gasteiger partial charge in [0.05, 0.1) is 0 Å². The molecule has 16 heavy (non-hydrogen) atoms. The van der Waals surface area contributed by atoms with Crippen LogP contribution in [-0.2, 0) is 4.79 Å². The second-order valence-corrected chi connectivity index (χ2v) is 4.07. The standard InChI is InChI=1S/C12H17ClN2O/c1-9-5-6-10(8-11(9)13)15-7-3-4-12(16)14-2/h5-6,8,15H,3-4,7H2,1-2H3,(H,14,16). The minimum atomic E-state index is 0.0729. The Morgan fingerprint density at radius 2 is 2.19 bits per heavy atom. The van der Waals surface area contributed by atoms with Crippen molar-refractivity contribution in [1.29, 1.82) is 0 Å². The minimum Gasteiger partial charge on any atom is -0.385 e. The first-order valence-electron chi connectivity index (χ1n) is 5.34. The van der Waals surface area contributed by atoms with E-state index in [0.717, 1.165) is 29.2 Å². The Hall–Kier alpha value is -1.22. The molecule has 0 aliphatic carbocycles. The molecule has 88 valence electrons. The Kier molecular flexibility index (Phi) is 5.12. The first-order chi connectivity index (χ1) is 7.63. The lowest BCUT2D eigenvalue weighted by molar-refractivity contribution is -0.120. The van der Waals surface area contributed by atoms with E-state index in [-0.39, 0.29) is 5.91 Å². The molecule has 0 heterocycles. The average molecular weight is 241 g/mol. The Labute approximate surface area is 101 Å². The van der Waals surface area contributed by atoms with E-state index in [0.29, 0.717) is 6.42 Å². The van der Waals surface area contributed by atoms with Gasteiger partial charge in [0.25, 0.3) is 0 Å². The van der Waals surface area contributed by atoms with E-state index in [1.54, 1.807) is 7.05 Å². The summed E-state index contributed by atoms with van der Waals surface area (Å²) in [5, 5.41) is 6.58. The van der Waals surface area contributed by atoms with Gasteiger partial charge in [0.15, 0.2) is 0 Å². The summed E-state index contributed by atoms with van der Waals surface area (Å²) in [6.45, 7) is 2.74. The fourth-order valence-corrected chi connectivity index (χ4v) is 1.49. The molecular formula is C12H17ClN2O. The smallest absolute Gasteiger partial charge is 0.219 e. The highest BCUT2D eigenvalue weighted by Gasteiger charge is 1.99. The summed E-state index contributed by atoms with van der Waals surface area (Å²) >= 11 is 6.00. The molecule has 0 radical (unpaired) electrons. The number of rotatable bonds is 5. The van der Waals surface area contributed by atoms with Crippen LogP contribution in [0.15, 0.2) is 18.2 Å². The van der Waals surface area contributed by atoms with Crippen LogP contribution in [0, 0.1) is 6.92 Å². The van der Waals surface area contributed by atoms with E-state index in [1.807, 2.05) is 25.1 Å². The molecule has 0 unspecified atom stereocenters. The lowest BCUT2D eigenvalue weighted by atomic mass is 10.2. The van der Waals surface area contributed by atoms with Crippen molar-refractivity contribution in [2.24, 2.45) is 0 Å². The zero-order chi connectivity index (χ0) is 12.0. The molecule has 1 aromatic rings. The van der Waals surface area contributed by atoms with Crippen LogP contribution in [0.3, 0.4) is 0 Å². The third-order valence-electron chi connectivity index (χ3n) is 2.36. The SMILES string of the molecule is CNC(=O)CCCNc1ccc(C)c(Cl)c1. The normalized spacial score (nSPS) is 9.94. The van der Waals surface area contributed by atoms with Crippen LogP contribution >= 0.6 is 11.6 Å². The molecular weight excluding hydrogens is 224 g/mol. The molecule has 0 bridgehead atoms. The number of carbonyl (C=O) groups is 1. The van der Waals surface area contributed by atoms with Crippen LogP contribution in [0.5, 0.6) is 0 Å². The van der Waals surface area contributed by atoms with Gasteiger partial charge in [0, 0.05) is 30.7 Å². The second kappa shape index (κ2) is 6.38. The Balaban J connectivity index is 2.32. The molecule has 0 saturated carbocycles. The van der Waals surface area contributed by atoms with Crippen molar-refractivity contribution in [3.63, 3.8) is 0 Å². The predicted molar refractivity (Wildman–Crippen MR) is 68.0 cm³/mol. The van der Waals surface area contributed by atoms with E-state index in [4.69, 9.17) is 11.6 Å². The van der Waals surface area contributed by atoms with Crippen LogP contribution in [0.2, 0.25) is 5.02 Å². The van der Waals surface area contributed by atoms with E-state index in [2.05, 4.69) is 10.6 Å². The fourth-order valence-electron chi connectivity index (χ4n) is 1.31. The summed E-state index contributed by atoms with van der Waals surface area (Å²) in [5.74, 6) is 0.0729. The Bertz CT molecular complexity index is 366. The fraction of sp³-hybridized carbons (Fsp3) is 0.417. The predicted octanol–water partition coefficient (Wildman–Crippen LogP) is 2.59. The van der Waals surface area contributed by atoms with Gasteiger partial charge in [-0.15, -0.1) is 0 Å². The quantitative estimate of drug-likeness (QED) is 0.777. The summed E-state index contributed by atoms with van der Waals surface area (Å²) in [4.78, 5) is 11.0. The molecule has 1 aromatic carbocycles. The number of anilines is 1. The highest BCUT2D eigenvalue weighted by atomic mass is 35.5. The van der Waals surface area contributed by atoms with Crippen molar-refractivity contribution in [3.8, 4) is 0 Å². The zero-order valence-electron chi connectivity index (χ0n) is 9.64. The van der Waals surface area contributed by atoms with Gasteiger partial charge in [-0.3, -0.25) is 4.79 Å². The molecule has 1 amide bonds. The Morgan fingerprint density at radius 1 is 1.44 bits per heavy atom. The van der Waals surface area contributed by atoms with E-state index < -0.39 is 0 Å². The number of carbonyl (C=O) groups excluding carboxylic acids is 1. The molecule has 3 nitrogen and oxygen atoms in total. The van der Waals surface area contributed by atoms with Gasteiger partial charge in [-0.25, -0.2) is 0 Å². The van der Waals surface area contributed by atoms with Crippen molar-refractivity contribution in [3.05, 3.63) is 28.8 Å². The zero-order valence-corrected chi connectivity index (χ0v) is 10.4. The molecule has 0 aliphatic heterocycles.